The van der Waals surface area contributed by atoms with E-state index >= 15 is 0 Å². The van der Waals surface area contributed by atoms with Gasteiger partial charge in [-0.15, -0.1) is 0 Å². The molecule has 1 aliphatic heterocycles. The first kappa shape index (κ1) is 25.8. The fraction of sp³-hybridized carbons (Fsp3) is 0.296. The number of hydrogen-bond donors (Lipinski definition) is 1. The third-order valence-electron chi connectivity index (χ3n) is 5.93. The number of carbonyl (C=O) groups is 1. The van der Waals surface area contributed by atoms with Gasteiger partial charge in [-0.05, 0) is 37.3 Å². The number of ketones is 1. The van der Waals surface area contributed by atoms with Crippen molar-refractivity contribution in [3.05, 3.63) is 89.5 Å². The summed E-state index contributed by atoms with van der Waals surface area (Å²) in [4.78, 5) is 12.9. The van der Waals surface area contributed by atoms with Crippen molar-refractivity contribution in [3.63, 3.8) is 0 Å². The maximum Gasteiger partial charge on any atom is 0.297 e. The molecule has 3 aromatic carbocycles. The average molecular weight is 513 g/mol. The van der Waals surface area contributed by atoms with Crippen LogP contribution in [0.1, 0.15) is 27.9 Å². The number of rotatable bonds is 9. The highest BCUT2D eigenvalue weighted by atomic mass is 32.2. The fourth-order valence-corrected chi connectivity index (χ4v) is 4.80. The molecule has 1 saturated heterocycles. The van der Waals surface area contributed by atoms with Crippen LogP contribution in [0.3, 0.4) is 0 Å². The van der Waals surface area contributed by atoms with Crippen molar-refractivity contribution in [2.24, 2.45) is 0 Å². The van der Waals surface area contributed by atoms with Crippen LogP contribution in [0.15, 0.2) is 77.7 Å². The number of aliphatic hydroxyl groups is 1. The zero-order chi connectivity index (χ0) is 25.7. The van der Waals surface area contributed by atoms with Crippen molar-refractivity contribution >= 4 is 15.9 Å². The summed E-state index contributed by atoms with van der Waals surface area (Å²) in [6, 6.07) is 20.0. The number of hydrogen-bond acceptors (Lipinski definition) is 8. The summed E-state index contributed by atoms with van der Waals surface area (Å²) >= 11 is 0. The highest BCUT2D eigenvalue weighted by Crippen LogP contribution is 2.32. The molecule has 190 valence electrons. The maximum atomic E-state index is 12.9. The van der Waals surface area contributed by atoms with Crippen molar-refractivity contribution in [1.29, 1.82) is 0 Å². The monoisotopic (exact) mass is 512 g/mol. The number of ether oxygens (including phenoxy) is 3. The van der Waals surface area contributed by atoms with Crippen molar-refractivity contribution in [3.8, 4) is 11.5 Å². The molecule has 1 heterocycles. The van der Waals surface area contributed by atoms with E-state index in [9.17, 15) is 18.3 Å². The predicted molar refractivity (Wildman–Crippen MR) is 132 cm³/mol. The predicted octanol–water partition coefficient (Wildman–Crippen LogP) is 3.54. The fourth-order valence-electron chi connectivity index (χ4n) is 3.88. The zero-order valence-electron chi connectivity index (χ0n) is 20.0. The van der Waals surface area contributed by atoms with E-state index in [1.54, 1.807) is 54.6 Å². The van der Waals surface area contributed by atoms with Gasteiger partial charge in [0.1, 0.15) is 18.3 Å². The minimum Gasteiger partial charge on any atom is -0.493 e. The molecule has 0 amide bonds. The Balaban J connectivity index is 1.46. The lowest BCUT2D eigenvalue weighted by atomic mass is 10.0. The number of carbonyl (C=O) groups excluding carboxylic acids is 1. The SMILES string of the molecule is COc1ccc(C(=O)c2ccccc2)cc1OC1CCOC(COS(=O)(=O)c2ccc(C)cc2)[C@H]1O. The van der Waals surface area contributed by atoms with E-state index in [1.165, 1.54) is 19.2 Å². The molecule has 4 rings (SSSR count). The standard InChI is InChI=1S/C27H28O8S/c1-18-8-11-21(12-9-18)36(30,31)34-17-25-27(29)23(14-15-33-25)35-24-16-20(10-13-22(24)32-2)26(28)19-6-4-3-5-7-19/h3-13,16,23,25,27,29H,14-15,17H2,1-2H3/t23?,25?,27-/m0/s1. The van der Waals surface area contributed by atoms with Gasteiger partial charge in [0.25, 0.3) is 10.1 Å². The molecule has 0 aromatic heterocycles. The minimum atomic E-state index is -4.02. The quantitative estimate of drug-likeness (QED) is 0.343. The summed E-state index contributed by atoms with van der Waals surface area (Å²) in [6.07, 6.45) is -2.48. The van der Waals surface area contributed by atoms with E-state index in [0.29, 0.717) is 23.3 Å². The first-order valence-corrected chi connectivity index (χ1v) is 12.9. The molecular weight excluding hydrogens is 484 g/mol. The van der Waals surface area contributed by atoms with E-state index in [1.807, 2.05) is 13.0 Å². The van der Waals surface area contributed by atoms with Gasteiger partial charge in [0.15, 0.2) is 17.3 Å². The molecule has 3 atom stereocenters. The van der Waals surface area contributed by atoms with Crippen LogP contribution >= 0.6 is 0 Å². The van der Waals surface area contributed by atoms with Gasteiger partial charge in [0.2, 0.25) is 0 Å². The Bertz CT molecular complexity index is 1290. The van der Waals surface area contributed by atoms with Gasteiger partial charge >= 0.3 is 0 Å². The van der Waals surface area contributed by atoms with Gasteiger partial charge in [-0.1, -0.05) is 48.0 Å². The second kappa shape index (κ2) is 11.2. The summed E-state index contributed by atoms with van der Waals surface area (Å²) in [7, 11) is -2.54. The van der Waals surface area contributed by atoms with Crippen LogP contribution in [0.2, 0.25) is 0 Å². The number of aliphatic hydroxyl groups excluding tert-OH is 1. The lowest BCUT2D eigenvalue weighted by Gasteiger charge is -2.34. The number of aryl methyl sites for hydroxylation is 1. The van der Waals surface area contributed by atoms with Gasteiger partial charge in [-0.25, -0.2) is 0 Å². The van der Waals surface area contributed by atoms with E-state index in [2.05, 4.69) is 0 Å². The molecule has 1 aliphatic rings. The van der Waals surface area contributed by atoms with Gasteiger partial charge in [0, 0.05) is 17.5 Å². The van der Waals surface area contributed by atoms with Crippen molar-refractivity contribution in [2.45, 2.75) is 36.6 Å². The van der Waals surface area contributed by atoms with Crippen molar-refractivity contribution < 1.29 is 36.7 Å². The van der Waals surface area contributed by atoms with Gasteiger partial charge in [-0.2, -0.15) is 8.42 Å². The van der Waals surface area contributed by atoms with E-state index < -0.39 is 28.4 Å². The van der Waals surface area contributed by atoms with Crippen molar-refractivity contribution in [2.75, 3.05) is 20.3 Å². The van der Waals surface area contributed by atoms with E-state index in [-0.39, 0.29) is 29.6 Å². The molecule has 0 radical (unpaired) electrons. The summed E-state index contributed by atoms with van der Waals surface area (Å²) in [6.45, 7) is 1.71. The molecule has 2 unspecified atom stereocenters. The number of methoxy groups -OCH3 is 1. The lowest BCUT2D eigenvalue weighted by molar-refractivity contribution is -0.137. The molecule has 0 spiro atoms. The van der Waals surface area contributed by atoms with Crippen LogP contribution in [-0.4, -0.2) is 57.9 Å². The Hall–Kier alpha value is -3.24. The topological polar surface area (TPSA) is 108 Å². The third kappa shape index (κ3) is 5.93. The van der Waals surface area contributed by atoms with Crippen LogP contribution in [-0.2, 0) is 19.0 Å². The molecule has 36 heavy (non-hydrogen) atoms. The Morgan fingerprint density at radius 1 is 1.00 bits per heavy atom. The Morgan fingerprint density at radius 2 is 1.72 bits per heavy atom. The molecule has 8 nitrogen and oxygen atoms in total. The van der Waals surface area contributed by atoms with Crippen LogP contribution in [0, 0.1) is 6.92 Å². The highest BCUT2D eigenvalue weighted by molar-refractivity contribution is 7.86. The van der Waals surface area contributed by atoms with Crippen LogP contribution in [0.25, 0.3) is 0 Å². The molecule has 1 N–H and O–H groups in total. The van der Waals surface area contributed by atoms with Crippen LogP contribution in [0.4, 0.5) is 0 Å². The van der Waals surface area contributed by atoms with Crippen LogP contribution in [0.5, 0.6) is 11.5 Å². The van der Waals surface area contributed by atoms with E-state index in [4.69, 9.17) is 18.4 Å². The van der Waals surface area contributed by atoms with Crippen molar-refractivity contribution in [1.82, 2.24) is 0 Å². The molecule has 1 fully saturated rings. The molecular formula is C27H28O8S. The first-order valence-electron chi connectivity index (χ1n) is 11.5. The largest absolute Gasteiger partial charge is 0.493 e. The van der Waals surface area contributed by atoms with E-state index in [0.717, 1.165) is 5.56 Å². The van der Waals surface area contributed by atoms with Gasteiger partial charge in [-0.3, -0.25) is 8.98 Å². The second-order valence-electron chi connectivity index (χ2n) is 8.46. The summed E-state index contributed by atoms with van der Waals surface area (Å²) < 4.78 is 47.3. The first-order chi connectivity index (χ1) is 17.3. The molecule has 0 saturated carbocycles. The lowest BCUT2D eigenvalue weighted by Crippen LogP contribution is -2.49. The zero-order valence-corrected chi connectivity index (χ0v) is 20.8. The third-order valence-corrected chi connectivity index (χ3v) is 7.23. The summed E-state index contributed by atoms with van der Waals surface area (Å²) in [5.74, 6) is 0.508. The number of benzene rings is 3. The minimum absolute atomic E-state index is 0.0239. The molecule has 0 bridgehead atoms. The summed E-state index contributed by atoms with van der Waals surface area (Å²) in [5.41, 5.74) is 1.86. The normalized spacial score (nSPS) is 20.0. The highest BCUT2D eigenvalue weighted by Gasteiger charge is 2.36. The van der Waals surface area contributed by atoms with Gasteiger partial charge in [0.05, 0.1) is 25.2 Å². The van der Waals surface area contributed by atoms with Crippen LogP contribution < -0.4 is 9.47 Å². The molecule has 3 aromatic rings. The Kier molecular flexibility index (Phi) is 8.05. The van der Waals surface area contributed by atoms with Gasteiger partial charge < -0.3 is 19.3 Å². The average Bonchev–Trinajstić information content (AvgIpc) is 2.89. The summed E-state index contributed by atoms with van der Waals surface area (Å²) in [5, 5.41) is 10.9. The Morgan fingerprint density at radius 3 is 2.42 bits per heavy atom. The Labute approximate surface area is 210 Å². The maximum absolute atomic E-state index is 12.9. The molecule has 9 heteroatoms. The molecule has 0 aliphatic carbocycles. The second-order valence-corrected chi connectivity index (χ2v) is 10.1. The smallest absolute Gasteiger partial charge is 0.297 e.